The number of fused-ring (bicyclic) bond motifs is 1. The van der Waals surface area contributed by atoms with Crippen LogP contribution in [0.25, 0.3) is 0 Å². The second kappa shape index (κ2) is 10.0. The van der Waals surface area contributed by atoms with Crippen LogP contribution in [0, 0.1) is 0 Å². The zero-order valence-electron chi connectivity index (χ0n) is 16.8. The van der Waals surface area contributed by atoms with Crippen molar-refractivity contribution in [3.63, 3.8) is 0 Å². The molecule has 0 bridgehead atoms. The Morgan fingerprint density at radius 3 is 2.45 bits per heavy atom. The molecule has 29 heavy (non-hydrogen) atoms. The minimum atomic E-state index is -0.898. The van der Waals surface area contributed by atoms with E-state index in [-0.39, 0.29) is 24.5 Å². The monoisotopic (exact) mass is 393 g/mol. The number of hydrogen-bond acceptors (Lipinski definition) is 4. The van der Waals surface area contributed by atoms with Crippen LogP contribution >= 0.6 is 0 Å². The smallest absolute Gasteiger partial charge is 0.307 e. The fourth-order valence-corrected chi connectivity index (χ4v) is 3.51. The molecule has 0 aromatic heterocycles. The average Bonchev–Trinajstić information content (AvgIpc) is 2.76. The molecule has 1 aliphatic rings. The largest absolute Gasteiger partial charge is 0.453 e. The van der Waals surface area contributed by atoms with Crippen LogP contribution < -0.4 is 5.32 Å². The number of hydrogen-bond donors (Lipinski definition) is 1. The molecule has 1 unspecified atom stereocenters. The third-order valence-corrected chi connectivity index (χ3v) is 5.21. The fourth-order valence-electron chi connectivity index (χ4n) is 3.51. The lowest BCUT2D eigenvalue weighted by molar-refractivity contribution is -0.154. The Morgan fingerprint density at radius 1 is 0.966 bits per heavy atom. The van der Waals surface area contributed by atoms with Gasteiger partial charge in [0, 0.05) is 18.5 Å². The van der Waals surface area contributed by atoms with E-state index in [1.165, 1.54) is 24.5 Å². The van der Waals surface area contributed by atoms with E-state index < -0.39 is 12.1 Å². The van der Waals surface area contributed by atoms with E-state index in [4.69, 9.17) is 4.74 Å². The van der Waals surface area contributed by atoms with Crippen molar-refractivity contribution in [2.45, 2.75) is 58.1 Å². The van der Waals surface area contributed by atoms with Crippen molar-refractivity contribution in [3.8, 4) is 0 Å². The van der Waals surface area contributed by atoms with E-state index in [0.29, 0.717) is 12.1 Å². The van der Waals surface area contributed by atoms with Gasteiger partial charge < -0.3 is 10.1 Å². The van der Waals surface area contributed by atoms with Gasteiger partial charge in [0.05, 0.1) is 6.42 Å². The summed E-state index contributed by atoms with van der Waals surface area (Å²) in [6.45, 7) is 1.90. The van der Waals surface area contributed by atoms with Gasteiger partial charge in [-0.1, -0.05) is 42.5 Å². The molecule has 5 heteroatoms. The van der Waals surface area contributed by atoms with Crippen molar-refractivity contribution in [1.29, 1.82) is 0 Å². The maximum absolute atomic E-state index is 12.4. The normalized spacial score (nSPS) is 13.8. The lowest BCUT2D eigenvalue weighted by Crippen LogP contribution is -2.35. The maximum atomic E-state index is 12.4. The van der Waals surface area contributed by atoms with E-state index in [1.54, 1.807) is 0 Å². The zero-order valence-corrected chi connectivity index (χ0v) is 16.8. The molecule has 0 aliphatic heterocycles. The van der Waals surface area contributed by atoms with Crippen LogP contribution in [0.5, 0.6) is 0 Å². The maximum Gasteiger partial charge on any atom is 0.307 e. The first-order chi connectivity index (χ1) is 14.0. The Morgan fingerprint density at radius 2 is 1.69 bits per heavy atom. The molecule has 1 N–H and O–H groups in total. The first kappa shape index (κ1) is 20.8. The fraction of sp³-hybridized carbons (Fsp3) is 0.375. The highest BCUT2D eigenvalue weighted by Crippen LogP contribution is 2.23. The molecule has 2 aromatic carbocycles. The Hall–Kier alpha value is -2.95. The number of aryl methyl sites for hydroxylation is 2. The summed E-state index contributed by atoms with van der Waals surface area (Å²) in [6.07, 6.45) is 3.58. The molecular weight excluding hydrogens is 366 g/mol. The number of carbonyl (C=O) groups is 3. The van der Waals surface area contributed by atoms with Gasteiger partial charge in [0.2, 0.25) is 0 Å². The summed E-state index contributed by atoms with van der Waals surface area (Å²) in [5.41, 5.74) is 4.18. The van der Waals surface area contributed by atoms with Crippen LogP contribution in [0.2, 0.25) is 0 Å². The Balaban J connectivity index is 1.43. The third-order valence-electron chi connectivity index (χ3n) is 5.21. The summed E-state index contributed by atoms with van der Waals surface area (Å²) in [6, 6.07) is 15.3. The van der Waals surface area contributed by atoms with Gasteiger partial charge in [-0.3, -0.25) is 14.4 Å². The van der Waals surface area contributed by atoms with E-state index >= 15 is 0 Å². The van der Waals surface area contributed by atoms with Gasteiger partial charge in [-0.15, -0.1) is 0 Å². The van der Waals surface area contributed by atoms with Crippen molar-refractivity contribution in [2.24, 2.45) is 0 Å². The highest BCUT2D eigenvalue weighted by atomic mass is 16.5. The molecular formula is C24H27NO4. The number of benzene rings is 2. The third kappa shape index (κ3) is 6.01. The number of rotatable bonds is 8. The molecule has 152 valence electrons. The van der Waals surface area contributed by atoms with Gasteiger partial charge in [0.1, 0.15) is 0 Å². The Labute approximate surface area is 171 Å². The van der Waals surface area contributed by atoms with Crippen LogP contribution in [0.4, 0.5) is 0 Å². The second-order valence-corrected chi connectivity index (χ2v) is 7.45. The van der Waals surface area contributed by atoms with E-state index in [0.717, 1.165) is 24.8 Å². The number of nitrogens with one attached hydrogen (secondary N) is 1. The number of esters is 1. The van der Waals surface area contributed by atoms with Crippen LogP contribution in [0.15, 0.2) is 48.5 Å². The van der Waals surface area contributed by atoms with Gasteiger partial charge >= 0.3 is 5.97 Å². The summed E-state index contributed by atoms with van der Waals surface area (Å²) in [4.78, 5) is 36.6. The van der Waals surface area contributed by atoms with Gasteiger partial charge in [0.15, 0.2) is 11.9 Å². The van der Waals surface area contributed by atoms with Crippen LogP contribution in [0.3, 0.4) is 0 Å². The molecule has 3 rings (SSSR count). The van der Waals surface area contributed by atoms with Gasteiger partial charge in [-0.2, -0.15) is 0 Å². The molecule has 2 aromatic rings. The van der Waals surface area contributed by atoms with Crippen molar-refractivity contribution in [2.75, 3.05) is 0 Å². The van der Waals surface area contributed by atoms with Gasteiger partial charge in [0.25, 0.3) is 5.91 Å². The molecule has 0 heterocycles. The van der Waals surface area contributed by atoms with E-state index in [9.17, 15) is 14.4 Å². The topological polar surface area (TPSA) is 72.5 Å². The minimum absolute atomic E-state index is 0.0355. The first-order valence-corrected chi connectivity index (χ1v) is 10.2. The standard InChI is InChI=1S/C24H27NO4/c1-17(24(28)25-16-18-7-3-2-4-8-18)29-23(27)14-13-22(26)21-12-11-19-9-5-6-10-20(19)15-21/h2-4,7-8,11-12,15,17H,5-6,9-10,13-14,16H2,1H3,(H,25,28). The molecule has 0 radical (unpaired) electrons. The average molecular weight is 393 g/mol. The molecule has 0 spiro atoms. The Bertz CT molecular complexity index is 876. The SMILES string of the molecule is CC(OC(=O)CCC(=O)c1ccc2c(c1)CCCC2)C(=O)NCc1ccccc1. The summed E-state index contributed by atoms with van der Waals surface area (Å²) >= 11 is 0. The minimum Gasteiger partial charge on any atom is -0.453 e. The molecule has 0 saturated heterocycles. The van der Waals surface area contributed by atoms with Gasteiger partial charge in [-0.05, 0) is 55.4 Å². The lowest BCUT2D eigenvalue weighted by Gasteiger charge is -2.16. The first-order valence-electron chi connectivity index (χ1n) is 10.2. The van der Waals surface area contributed by atoms with E-state index in [2.05, 4.69) is 5.32 Å². The molecule has 1 atom stereocenters. The number of ether oxygens (including phenoxy) is 1. The Kier molecular flexibility index (Phi) is 7.17. The highest BCUT2D eigenvalue weighted by molar-refractivity contribution is 5.98. The van der Waals surface area contributed by atoms with Crippen LogP contribution in [-0.4, -0.2) is 23.8 Å². The number of carbonyl (C=O) groups excluding carboxylic acids is 3. The van der Waals surface area contributed by atoms with Crippen molar-refractivity contribution in [3.05, 3.63) is 70.8 Å². The predicted molar refractivity (Wildman–Crippen MR) is 110 cm³/mol. The van der Waals surface area contributed by atoms with Crippen LogP contribution in [0.1, 0.15) is 59.7 Å². The van der Waals surface area contributed by atoms with E-state index in [1.807, 2.05) is 48.5 Å². The quantitative estimate of drug-likeness (QED) is 0.547. The van der Waals surface area contributed by atoms with Crippen LogP contribution in [-0.2, 0) is 33.7 Å². The molecule has 0 fully saturated rings. The predicted octanol–water partition coefficient (Wildman–Crippen LogP) is 3.78. The van der Waals surface area contributed by atoms with Gasteiger partial charge in [-0.25, -0.2) is 0 Å². The summed E-state index contributed by atoms with van der Waals surface area (Å²) < 4.78 is 5.17. The summed E-state index contributed by atoms with van der Waals surface area (Å²) in [7, 11) is 0. The molecule has 1 amide bonds. The number of ketones is 1. The summed E-state index contributed by atoms with van der Waals surface area (Å²) in [5.74, 6) is -0.974. The van der Waals surface area contributed by atoms with Crippen molar-refractivity contribution >= 4 is 17.7 Å². The van der Waals surface area contributed by atoms with Crippen molar-refractivity contribution in [1.82, 2.24) is 5.32 Å². The molecule has 1 aliphatic carbocycles. The summed E-state index contributed by atoms with van der Waals surface area (Å²) in [5, 5.41) is 2.74. The second-order valence-electron chi connectivity index (χ2n) is 7.45. The number of amides is 1. The molecule has 5 nitrogen and oxygen atoms in total. The number of Topliss-reactive ketones (excluding diaryl/α,β-unsaturated/α-hetero) is 1. The lowest BCUT2D eigenvalue weighted by atomic mass is 9.89. The van der Waals surface area contributed by atoms with Crippen molar-refractivity contribution < 1.29 is 19.1 Å². The highest BCUT2D eigenvalue weighted by Gasteiger charge is 2.19. The molecule has 0 saturated carbocycles. The zero-order chi connectivity index (χ0) is 20.6.